The van der Waals surface area contributed by atoms with Crippen LogP contribution in [-0.4, -0.2) is 51.9 Å². The van der Waals surface area contributed by atoms with Crippen molar-refractivity contribution >= 4 is 29.7 Å². The molecule has 1 saturated heterocycles. The van der Waals surface area contributed by atoms with Gasteiger partial charge in [-0.05, 0) is 65.2 Å². The molecule has 1 N–H and O–H groups in total. The molecule has 0 radical (unpaired) electrons. The van der Waals surface area contributed by atoms with Crippen molar-refractivity contribution in [3.05, 3.63) is 52.5 Å². The summed E-state index contributed by atoms with van der Waals surface area (Å²) in [7, 11) is 0. The van der Waals surface area contributed by atoms with Crippen molar-refractivity contribution in [3.63, 3.8) is 0 Å². The Bertz CT molecular complexity index is 1080. The van der Waals surface area contributed by atoms with E-state index in [-0.39, 0.29) is 23.7 Å². The second-order valence-corrected chi connectivity index (χ2v) is 8.57. The average Bonchev–Trinajstić information content (AvgIpc) is 3.07. The fraction of sp³-hybridized carbons (Fsp3) is 0.462. The van der Waals surface area contributed by atoms with E-state index < -0.39 is 0 Å². The van der Waals surface area contributed by atoms with Crippen molar-refractivity contribution in [2.24, 2.45) is 5.92 Å². The first kappa shape index (κ1) is 25.2. The monoisotopic (exact) mass is 466 g/mol. The number of likely N-dealkylation sites (tertiary alicyclic amines) is 1. The lowest BCUT2D eigenvalue weighted by Crippen LogP contribution is -2.40. The number of piperidine rings is 1. The zero-order valence-electron chi connectivity index (χ0n) is 20.7. The molecule has 3 heterocycles. The largest absolute Gasteiger partial charge is 0.462 e. The number of rotatable bonds is 7. The lowest BCUT2D eigenvalue weighted by molar-refractivity contribution is -0.130. The number of esters is 1. The second-order valence-electron chi connectivity index (χ2n) is 8.57. The maximum Gasteiger partial charge on any atom is 0.340 e. The van der Waals surface area contributed by atoms with Crippen molar-refractivity contribution in [1.82, 2.24) is 14.5 Å². The van der Waals surface area contributed by atoms with Crippen LogP contribution in [0, 0.1) is 26.7 Å². The Morgan fingerprint density at radius 3 is 2.41 bits per heavy atom. The topological polar surface area (TPSA) is 93.5 Å². The molecule has 0 bridgehead atoms. The Kier molecular flexibility index (Phi) is 8.26. The number of pyridine rings is 1. The van der Waals surface area contributed by atoms with Gasteiger partial charge in [0.15, 0.2) is 0 Å². The Morgan fingerprint density at radius 2 is 1.82 bits per heavy atom. The summed E-state index contributed by atoms with van der Waals surface area (Å²) < 4.78 is 7.29. The van der Waals surface area contributed by atoms with Gasteiger partial charge in [0, 0.05) is 54.8 Å². The van der Waals surface area contributed by atoms with Crippen molar-refractivity contribution in [3.8, 4) is 0 Å². The Morgan fingerprint density at radius 1 is 1.12 bits per heavy atom. The quantitative estimate of drug-likeness (QED) is 0.494. The fourth-order valence-electron chi connectivity index (χ4n) is 4.44. The molecule has 0 aromatic carbocycles. The Labute approximate surface area is 201 Å². The maximum absolute atomic E-state index is 12.9. The highest BCUT2D eigenvalue weighted by molar-refractivity contribution is 5.99. The van der Waals surface area contributed by atoms with Crippen LogP contribution in [0.3, 0.4) is 0 Å². The third kappa shape index (κ3) is 5.55. The number of aromatic nitrogens is 2. The summed E-state index contributed by atoms with van der Waals surface area (Å²) in [5, 5.41) is 2.86. The Hall–Kier alpha value is -3.42. The van der Waals surface area contributed by atoms with E-state index >= 15 is 0 Å². The molecule has 0 unspecified atom stereocenters. The summed E-state index contributed by atoms with van der Waals surface area (Å²) in [6.07, 6.45) is 6.13. The molecule has 1 aliphatic heterocycles. The summed E-state index contributed by atoms with van der Waals surface area (Å²) in [5.41, 5.74) is 4.01. The number of hydrogen-bond donors (Lipinski definition) is 1. The molecule has 0 spiro atoms. The minimum absolute atomic E-state index is 0.0647. The van der Waals surface area contributed by atoms with Crippen molar-refractivity contribution in [2.75, 3.05) is 25.0 Å². The van der Waals surface area contributed by atoms with Gasteiger partial charge in [0.05, 0.1) is 12.2 Å². The van der Waals surface area contributed by atoms with Gasteiger partial charge in [0.25, 0.3) is 0 Å². The molecule has 34 heavy (non-hydrogen) atoms. The highest BCUT2D eigenvalue weighted by Gasteiger charge is 2.27. The van der Waals surface area contributed by atoms with E-state index in [1.807, 2.05) is 38.3 Å². The van der Waals surface area contributed by atoms with Gasteiger partial charge < -0.3 is 19.5 Å². The number of anilines is 1. The van der Waals surface area contributed by atoms with E-state index in [2.05, 4.69) is 10.3 Å². The molecule has 0 atom stereocenters. The number of amides is 2. The van der Waals surface area contributed by atoms with Gasteiger partial charge in [-0.2, -0.15) is 0 Å². The van der Waals surface area contributed by atoms with Gasteiger partial charge in [-0.3, -0.25) is 9.59 Å². The molecule has 2 amide bonds. The minimum Gasteiger partial charge on any atom is -0.462 e. The van der Waals surface area contributed by atoms with Gasteiger partial charge in [-0.25, -0.2) is 9.78 Å². The lowest BCUT2D eigenvalue weighted by atomic mass is 9.95. The van der Waals surface area contributed by atoms with E-state index in [1.54, 1.807) is 30.2 Å². The summed E-state index contributed by atoms with van der Waals surface area (Å²) in [6.45, 7) is 11.6. The van der Waals surface area contributed by atoms with E-state index in [9.17, 15) is 14.4 Å². The van der Waals surface area contributed by atoms with Crippen molar-refractivity contribution in [2.45, 2.75) is 54.0 Å². The van der Waals surface area contributed by atoms with Gasteiger partial charge in [0.1, 0.15) is 5.82 Å². The van der Waals surface area contributed by atoms with E-state index in [0.717, 1.165) is 23.5 Å². The number of carbonyl (C=O) groups excluding carboxylic acids is 3. The fourth-order valence-corrected chi connectivity index (χ4v) is 4.44. The molecule has 2 aromatic rings. The number of carbonyl (C=O) groups is 3. The highest BCUT2D eigenvalue weighted by atomic mass is 16.5. The van der Waals surface area contributed by atoms with Gasteiger partial charge in [0.2, 0.25) is 11.8 Å². The van der Waals surface area contributed by atoms with E-state index in [0.29, 0.717) is 49.5 Å². The first-order valence-electron chi connectivity index (χ1n) is 11.8. The summed E-state index contributed by atoms with van der Waals surface area (Å²) in [6, 6.07) is 3.69. The third-order valence-electron chi connectivity index (χ3n) is 6.36. The predicted octanol–water partition coefficient (Wildman–Crippen LogP) is 3.90. The van der Waals surface area contributed by atoms with Crippen molar-refractivity contribution < 1.29 is 19.1 Å². The smallest absolute Gasteiger partial charge is 0.340 e. The summed E-state index contributed by atoms with van der Waals surface area (Å²) in [4.78, 5) is 44.0. The number of hydrogen-bond acceptors (Lipinski definition) is 5. The van der Waals surface area contributed by atoms with Crippen molar-refractivity contribution in [1.29, 1.82) is 0 Å². The SMILES string of the molecule is CCOC(=O)c1c(/C=C/C(=O)N2CCC(C(=O)Nc3ccc(C)cn3)CC2)c(C)n(CC)c1C. The molecule has 8 heteroatoms. The van der Waals surface area contributed by atoms with E-state index in [1.165, 1.54) is 6.08 Å². The molecule has 0 aliphatic carbocycles. The molecular weight excluding hydrogens is 432 g/mol. The third-order valence-corrected chi connectivity index (χ3v) is 6.36. The molecule has 0 saturated carbocycles. The number of ether oxygens (including phenoxy) is 1. The van der Waals surface area contributed by atoms with Crippen LogP contribution >= 0.6 is 0 Å². The zero-order valence-corrected chi connectivity index (χ0v) is 20.7. The number of aryl methyl sites for hydroxylation is 1. The molecular formula is C26H34N4O4. The Balaban J connectivity index is 1.64. The molecule has 8 nitrogen and oxygen atoms in total. The molecule has 1 fully saturated rings. The first-order valence-corrected chi connectivity index (χ1v) is 11.8. The lowest BCUT2D eigenvalue weighted by Gasteiger charge is -2.30. The van der Waals surface area contributed by atoms with Crippen LogP contribution in [-0.2, 0) is 20.9 Å². The van der Waals surface area contributed by atoms with Crippen LogP contribution < -0.4 is 5.32 Å². The minimum atomic E-state index is -0.378. The normalized spacial score (nSPS) is 14.4. The highest BCUT2D eigenvalue weighted by Crippen LogP contribution is 2.25. The van der Waals surface area contributed by atoms with Crippen LogP contribution in [0.1, 0.15) is 59.6 Å². The summed E-state index contributed by atoms with van der Waals surface area (Å²) >= 11 is 0. The number of nitrogens with one attached hydrogen (secondary N) is 1. The molecule has 1 aliphatic rings. The van der Waals surface area contributed by atoms with Gasteiger partial charge in [-0.1, -0.05) is 6.07 Å². The molecule has 3 rings (SSSR count). The van der Waals surface area contributed by atoms with Gasteiger partial charge in [-0.15, -0.1) is 0 Å². The van der Waals surface area contributed by atoms with Crippen LogP contribution in [0.5, 0.6) is 0 Å². The molecule has 182 valence electrons. The standard InChI is InChI=1S/C26H34N4O4/c1-6-30-18(4)21(24(19(30)5)26(33)34-7-2)9-11-23(31)29-14-12-20(13-15-29)25(32)28-22-10-8-17(3)16-27-22/h8-11,16,20H,6-7,12-15H2,1-5H3,(H,27,28,32)/b11-9+. The van der Waals surface area contributed by atoms with Crippen LogP contribution in [0.15, 0.2) is 24.4 Å². The first-order chi connectivity index (χ1) is 16.3. The molecule has 2 aromatic heterocycles. The van der Waals surface area contributed by atoms with Crippen LogP contribution in [0.4, 0.5) is 5.82 Å². The maximum atomic E-state index is 12.9. The van der Waals surface area contributed by atoms with E-state index in [4.69, 9.17) is 4.74 Å². The van der Waals surface area contributed by atoms with Crippen LogP contribution in [0.25, 0.3) is 6.08 Å². The number of nitrogens with zero attached hydrogens (tertiary/aromatic N) is 3. The predicted molar refractivity (Wildman–Crippen MR) is 131 cm³/mol. The van der Waals surface area contributed by atoms with Crippen LogP contribution in [0.2, 0.25) is 0 Å². The second kappa shape index (κ2) is 11.1. The summed E-state index contributed by atoms with van der Waals surface area (Å²) in [5.74, 6) is -0.188. The zero-order chi connectivity index (χ0) is 24.8. The van der Waals surface area contributed by atoms with Gasteiger partial charge >= 0.3 is 5.97 Å². The average molecular weight is 467 g/mol.